The lowest BCUT2D eigenvalue weighted by atomic mass is 9.40. The van der Waals surface area contributed by atoms with Gasteiger partial charge >= 0.3 is 0 Å². The van der Waals surface area contributed by atoms with E-state index in [-0.39, 0.29) is 22.5 Å². The van der Waals surface area contributed by atoms with Crippen molar-refractivity contribution >= 4 is 28.9 Å². The monoisotopic (exact) mass is 512 g/mol. The third-order valence-corrected chi connectivity index (χ3v) is 9.19. The second-order valence-electron chi connectivity index (χ2n) is 11.3. The molecule has 0 aromatic heterocycles. The van der Waals surface area contributed by atoms with Crippen LogP contribution >= 0.6 is 0 Å². The van der Waals surface area contributed by atoms with Gasteiger partial charge in [0.1, 0.15) is 22.8 Å². The molecule has 3 aliphatic rings. The van der Waals surface area contributed by atoms with Crippen molar-refractivity contribution in [3.8, 4) is 5.75 Å². The van der Waals surface area contributed by atoms with Crippen LogP contribution in [0.1, 0.15) is 75.9 Å². The summed E-state index contributed by atoms with van der Waals surface area (Å²) in [6.45, 7) is 10.0. The van der Waals surface area contributed by atoms with Gasteiger partial charge in [-0.25, -0.2) is 0 Å². The number of rotatable bonds is 3. The van der Waals surface area contributed by atoms with E-state index in [0.29, 0.717) is 0 Å². The highest BCUT2D eigenvalue weighted by molar-refractivity contribution is 6.24. The molecule has 0 saturated heterocycles. The third kappa shape index (κ3) is 2.81. The van der Waals surface area contributed by atoms with Crippen LogP contribution in [0.5, 0.6) is 5.75 Å². The van der Waals surface area contributed by atoms with E-state index in [2.05, 4.69) is 0 Å². The first-order chi connectivity index (χ1) is 16.9. The van der Waals surface area contributed by atoms with Gasteiger partial charge in [0.25, 0.3) is 0 Å². The molecule has 4 rings (SSSR count). The lowest BCUT2D eigenvalue weighted by Gasteiger charge is -2.63. The summed E-state index contributed by atoms with van der Waals surface area (Å²) in [5.41, 5.74) is -7.66. The van der Waals surface area contributed by atoms with E-state index in [4.69, 9.17) is 0 Å². The van der Waals surface area contributed by atoms with E-state index < -0.39 is 86.1 Å². The number of aromatic hydroxyl groups is 1. The van der Waals surface area contributed by atoms with Gasteiger partial charge in [-0.15, -0.1) is 0 Å². The summed E-state index contributed by atoms with van der Waals surface area (Å²) in [5.74, 6) is -8.30. The Morgan fingerprint density at radius 1 is 1.00 bits per heavy atom. The number of phenolic OH excluding ortho intramolecular Hbond substituents is 1. The molecule has 0 heterocycles. The fraction of sp³-hybridized carbons (Fsp3) is 0.500. The van der Waals surface area contributed by atoms with Crippen LogP contribution in [0, 0.1) is 22.7 Å². The summed E-state index contributed by atoms with van der Waals surface area (Å²) in [7, 11) is 0. The molecule has 1 aromatic carbocycles. The molecule has 6 atom stereocenters. The highest BCUT2D eigenvalue weighted by Gasteiger charge is 2.77. The van der Waals surface area contributed by atoms with Crippen molar-refractivity contribution < 1.29 is 44.7 Å². The van der Waals surface area contributed by atoms with Crippen LogP contribution in [0.15, 0.2) is 29.0 Å². The zero-order valence-electron chi connectivity index (χ0n) is 21.8. The number of phenols is 1. The van der Waals surface area contributed by atoms with Crippen molar-refractivity contribution in [2.45, 2.75) is 66.1 Å². The number of carbonyl (C=O) groups excluding carboxylic acids is 4. The minimum Gasteiger partial charge on any atom is -0.508 e. The summed E-state index contributed by atoms with van der Waals surface area (Å²) in [6, 6.07) is 2.59. The minimum absolute atomic E-state index is 0.166. The van der Waals surface area contributed by atoms with Crippen LogP contribution in [-0.2, 0) is 14.4 Å². The third-order valence-electron chi connectivity index (χ3n) is 9.19. The fourth-order valence-corrected chi connectivity index (χ4v) is 7.30. The largest absolute Gasteiger partial charge is 0.508 e. The Balaban J connectivity index is 2.21. The topological polar surface area (TPSA) is 169 Å². The van der Waals surface area contributed by atoms with Gasteiger partial charge in [-0.2, -0.15) is 0 Å². The van der Waals surface area contributed by atoms with Crippen molar-refractivity contribution in [3.63, 3.8) is 0 Å². The Morgan fingerprint density at radius 2 is 1.57 bits per heavy atom. The van der Waals surface area contributed by atoms with Crippen molar-refractivity contribution in [2.75, 3.05) is 0 Å². The van der Waals surface area contributed by atoms with E-state index in [1.165, 1.54) is 32.9 Å². The summed E-state index contributed by atoms with van der Waals surface area (Å²) >= 11 is 0. The van der Waals surface area contributed by atoms with Crippen LogP contribution in [0.25, 0.3) is 5.76 Å². The highest BCUT2D eigenvalue weighted by atomic mass is 16.4. The maximum Gasteiger partial charge on any atom is 0.203 e. The van der Waals surface area contributed by atoms with E-state index in [0.717, 1.165) is 6.92 Å². The summed E-state index contributed by atoms with van der Waals surface area (Å²) in [6.07, 6.45) is -1.74. The Labute approximate surface area is 214 Å². The molecular formula is C28H32O9. The quantitative estimate of drug-likeness (QED) is 0.302. The van der Waals surface area contributed by atoms with E-state index in [1.54, 1.807) is 20.8 Å². The van der Waals surface area contributed by atoms with Gasteiger partial charge < -0.3 is 25.5 Å². The van der Waals surface area contributed by atoms with Crippen molar-refractivity contribution in [2.24, 2.45) is 22.7 Å². The number of aliphatic hydroxyl groups excluding tert-OH is 3. The minimum atomic E-state index is -2.94. The number of fused-ring (bicyclic) bond motifs is 3. The first kappa shape index (κ1) is 26.8. The number of hydrogen-bond acceptors (Lipinski definition) is 9. The first-order valence-electron chi connectivity index (χ1n) is 12.2. The molecule has 0 radical (unpaired) electrons. The van der Waals surface area contributed by atoms with Crippen LogP contribution in [0.3, 0.4) is 0 Å². The Morgan fingerprint density at radius 3 is 2.05 bits per heavy atom. The smallest absolute Gasteiger partial charge is 0.203 e. The highest BCUT2D eigenvalue weighted by Crippen LogP contribution is 2.67. The maximum atomic E-state index is 14.3. The number of hydrogen-bond donors (Lipinski definition) is 5. The molecule has 9 nitrogen and oxygen atoms in total. The molecule has 0 spiro atoms. The first-order valence-corrected chi connectivity index (χ1v) is 12.2. The predicted octanol–water partition coefficient (Wildman–Crippen LogP) is 2.92. The van der Waals surface area contributed by atoms with Crippen molar-refractivity contribution in [1.29, 1.82) is 0 Å². The zero-order chi connectivity index (χ0) is 28.2. The van der Waals surface area contributed by atoms with Gasteiger partial charge in [0, 0.05) is 22.3 Å². The number of carbonyl (C=O) groups is 4. The van der Waals surface area contributed by atoms with Crippen LogP contribution in [0.4, 0.5) is 0 Å². The van der Waals surface area contributed by atoms with Gasteiger partial charge in [-0.1, -0.05) is 34.6 Å². The molecule has 0 amide bonds. The summed E-state index contributed by atoms with van der Waals surface area (Å²) in [4.78, 5) is 52.8. The van der Waals surface area contributed by atoms with Crippen LogP contribution in [0.2, 0.25) is 0 Å². The van der Waals surface area contributed by atoms with E-state index in [9.17, 15) is 44.7 Å². The van der Waals surface area contributed by atoms with Crippen molar-refractivity contribution in [1.82, 2.24) is 0 Å². The fourth-order valence-electron chi connectivity index (χ4n) is 7.30. The molecule has 1 aromatic rings. The maximum absolute atomic E-state index is 14.3. The number of ketones is 4. The number of Topliss-reactive ketones (excluding diaryl/α,β-unsaturated/α-hetero) is 4. The molecule has 1 saturated carbocycles. The van der Waals surface area contributed by atoms with Gasteiger partial charge in [0.05, 0.1) is 17.2 Å². The molecule has 1 unspecified atom stereocenters. The molecule has 9 heteroatoms. The van der Waals surface area contributed by atoms with Crippen LogP contribution < -0.4 is 0 Å². The molecule has 198 valence electrons. The number of aliphatic hydroxyl groups is 4. The summed E-state index contributed by atoms with van der Waals surface area (Å²) < 4.78 is 0. The van der Waals surface area contributed by atoms with Crippen molar-refractivity contribution in [3.05, 3.63) is 45.7 Å². The Bertz CT molecular complexity index is 1370. The standard InChI is InChI=1S/C28H32O9/c1-10(2)19-21(32)17(13(5)30)23(34)28(37)24(35)20-22(33)18-15(31)9-8-14(12(4)29)16(18)11(3)26(20,6)25(36)27(19,28)7/h8-11,19,25,31,33-34,36-37H,1-7H3/t11-,19?,25-,26+,27+,28+/m1/s1. The Hall–Kier alpha value is -3.30. The molecular weight excluding hydrogens is 480 g/mol. The van der Waals surface area contributed by atoms with Gasteiger partial charge in [0.15, 0.2) is 23.0 Å². The average molecular weight is 513 g/mol. The molecule has 0 aliphatic heterocycles. The van der Waals surface area contributed by atoms with E-state index in [1.807, 2.05) is 0 Å². The lowest BCUT2D eigenvalue weighted by molar-refractivity contribution is -0.215. The molecule has 0 bridgehead atoms. The lowest BCUT2D eigenvalue weighted by Crippen LogP contribution is -2.75. The van der Waals surface area contributed by atoms with E-state index >= 15 is 0 Å². The SMILES string of the molecule is CC(=O)C1=C(O)[C@]2(O)C(=O)C3=C(O)c4c(O)ccc(C(C)=O)c4[C@@H](C)[C@]3(C)[C@@H](O)[C@]2(C)C(C(C)C)C1=O. The zero-order valence-corrected chi connectivity index (χ0v) is 21.8. The normalized spacial score (nSPS) is 35.4. The van der Waals surface area contributed by atoms with Gasteiger partial charge in [-0.05, 0) is 43.4 Å². The second kappa shape index (κ2) is 7.85. The summed E-state index contributed by atoms with van der Waals surface area (Å²) in [5, 5.41) is 57.4. The molecule has 5 N–H and O–H groups in total. The van der Waals surface area contributed by atoms with Gasteiger partial charge in [-0.3, -0.25) is 19.2 Å². The molecule has 3 aliphatic carbocycles. The number of benzene rings is 1. The molecule has 37 heavy (non-hydrogen) atoms. The Kier molecular flexibility index (Phi) is 5.68. The van der Waals surface area contributed by atoms with Crippen LogP contribution in [-0.4, -0.2) is 60.4 Å². The second-order valence-corrected chi connectivity index (χ2v) is 11.3. The average Bonchev–Trinajstić information content (AvgIpc) is 2.78. The number of allylic oxidation sites excluding steroid dienone is 1. The predicted molar refractivity (Wildman–Crippen MR) is 132 cm³/mol. The molecule has 1 fully saturated rings. The van der Waals surface area contributed by atoms with Gasteiger partial charge in [0.2, 0.25) is 5.78 Å².